The number of anilines is 1. The highest BCUT2D eigenvalue weighted by molar-refractivity contribution is 5.26. The summed E-state index contributed by atoms with van der Waals surface area (Å²) in [7, 11) is 0. The van der Waals surface area contributed by atoms with Gasteiger partial charge in [-0.3, -0.25) is 0 Å². The number of hydrogen-bond donors (Lipinski definition) is 1. The maximum Gasteiger partial charge on any atom is 0.167 e. The maximum absolute atomic E-state index is 13.1. The SMILES string of the molecule is CC(C)(F)c1nccc(N)n1. The van der Waals surface area contributed by atoms with E-state index in [0.29, 0.717) is 5.82 Å². The summed E-state index contributed by atoms with van der Waals surface area (Å²) < 4.78 is 13.1. The molecule has 2 N–H and O–H groups in total. The molecule has 0 amide bonds. The number of rotatable bonds is 1. The van der Waals surface area contributed by atoms with E-state index in [-0.39, 0.29) is 5.82 Å². The lowest BCUT2D eigenvalue weighted by molar-refractivity contribution is 0.207. The fourth-order valence-corrected chi connectivity index (χ4v) is 0.659. The fraction of sp³-hybridized carbons (Fsp3) is 0.429. The van der Waals surface area contributed by atoms with Gasteiger partial charge in [-0.2, -0.15) is 0 Å². The molecule has 1 rings (SSSR count). The Balaban J connectivity index is 3.06. The zero-order valence-electron chi connectivity index (χ0n) is 6.50. The maximum atomic E-state index is 13.1. The second kappa shape index (κ2) is 2.45. The first-order chi connectivity index (χ1) is 5.00. The quantitative estimate of drug-likeness (QED) is 0.664. The molecule has 0 aliphatic rings. The molecule has 0 aromatic carbocycles. The molecule has 60 valence electrons. The number of halogens is 1. The van der Waals surface area contributed by atoms with Gasteiger partial charge in [-0.25, -0.2) is 14.4 Å². The van der Waals surface area contributed by atoms with E-state index in [1.54, 1.807) is 0 Å². The lowest BCUT2D eigenvalue weighted by Crippen LogP contribution is -2.14. The van der Waals surface area contributed by atoms with Crippen molar-refractivity contribution in [2.45, 2.75) is 19.5 Å². The molecule has 0 radical (unpaired) electrons. The molecule has 11 heavy (non-hydrogen) atoms. The number of alkyl halides is 1. The Morgan fingerprint density at radius 3 is 2.55 bits per heavy atom. The molecule has 0 aliphatic heterocycles. The van der Waals surface area contributed by atoms with Crippen LogP contribution in [0, 0.1) is 0 Å². The van der Waals surface area contributed by atoms with Crippen LogP contribution < -0.4 is 5.73 Å². The van der Waals surface area contributed by atoms with Crippen molar-refractivity contribution in [3.8, 4) is 0 Å². The molecule has 0 atom stereocenters. The van der Waals surface area contributed by atoms with Crippen molar-refractivity contribution in [1.82, 2.24) is 9.97 Å². The van der Waals surface area contributed by atoms with Crippen LogP contribution in [-0.2, 0) is 5.67 Å². The largest absolute Gasteiger partial charge is 0.384 e. The lowest BCUT2D eigenvalue weighted by atomic mass is 10.1. The first kappa shape index (κ1) is 7.91. The summed E-state index contributed by atoms with van der Waals surface area (Å²) in [4.78, 5) is 7.48. The summed E-state index contributed by atoms with van der Waals surface area (Å²) in [5.74, 6) is 0.415. The third kappa shape index (κ3) is 1.86. The normalized spacial score (nSPS) is 11.5. The fourth-order valence-electron chi connectivity index (χ4n) is 0.659. The molecule has 4 heteroatoms. The zero-order chi connectivity index (χ0) is 8.48. The van der Waals surface area contributed by atoms with Gasteiger partial charge in [-0.15, -0.1) is 0 Å². The highest BCUT2D eigenvalue weighted by atomic mass is 19.1. The lowest BCUT2D eigenvalue weighted by Gasteiger charge is -2.11. The van der Waals surface area contributed by atoms with Crippen molar-refractivity contribution in [1.29, 1.82) is 0 Å². The van der Waals surface area contributed by atoms with Crippen molar-refractivity contribution in [2.24, 2.45) is 0 Å². The van der Waals surface area contributed by atoms with E-state index >= 15 is 0 Å². The van der Waals surface area contributed by atoms with Gasteiger partial charge >= 0.3 is 0 Å². The second-order valence-corrected chi connectivity index (χ2v) is 2.78. The number of hydrogen-bond acceptors (Lipinski definition) is 3. The number of nitrogens with two attached hydrogens (primary N) is 1. The Morgan fingerprint density at radius 2 is 2.18 bits per heavy atom. The van der Waals surface area contributed by atoms with Crippen molar-refractivity contribution >= 4 is 5.82 Å². The summed E-state index contributed by atoms with van der Waals surface area (Å²) in [5, 5.41) is 0. The van der Waals surface area contributed by atoms with Gasteiger partial charge in [0.15, 0.2) is 11.5 Å². The second-order valence-electron chi connectivity index (χ2n) is 2.78. The molecule has 0 spiro atoms. The minimum atomic E-state index is -1.52. The summed E-state index contributed by atoms with van der Waals surface area (Å²) in [6.45, 7) is 2.78. The van der Waals surface area contributed by atoms with Gasteiger partial charge in [-0.05, 0) is 19.9 Å². The minimum absolute atomic E-state index is 0.123. The summed E-state index contributed by atoms with van der Waals surface area (Å²) >= 11 is 0. The van der Waals surface area contributed by atoms with Crippen LogP contribution in [0.4, 0.5) is 10.2 Å². The predicted molar refractivity (Wildman–Crippen MR) is 40.6 cm³/mol. The van der Waals surface area contributed by atoms with Gasteiger partial charge in [0.2, 0.25) is 0 Å². The van der Waals surface area contributed by atoms with Crippen LogP contribution >= 0.6 is 0 Å². The Labute approximate surface area is 64.5 Å². The number of aromatic nitrogens is 2. The number of nitrogens with zero attached hydrogens (tertiary/aromatic N) is 2. The molecule has 1 heterocycles. The molecule has 0 fully saturated rings. The molecule has 0 aliphatic carbocycles. The molecular weight excluding hydrogens is 145 g/mol. The first-order valence-electron chi connectivity index (χ1n) is 3.28. The van der Waals surface area contributed by atoms with Gasteiger partial charge < -0.3 is 5.73 Å². The van der Waals surface area contributed by atoms with Gasteiger partial charge in [0, 0.05) is 6.20 Å². The minimum Gasteiger partial charge on any atom is -0.384 e. The molecule has 1 aromatic heterocycles. The average Bonchev–Trinajstić information content (AvgIpc) is 1.86. The van der Waals surface area contributed by atoms with E-state index in [9.17, 15) is 4.39 Å². The van der Waals surface area contributed by atoms with Crippen LogP contribution in [0.3, 0.4) is 0 Å². The van der Waals surface area contributed by atoms with Crippen LogP contribution in [0.1, 0.15) is 19.7 Å². The van der Waals surface area contributed by atoms with E-state index < -0.39 is 5.67 Å². The van der Waals surface area contributed by atoms with E-state index in [0.717, 1.165) is 0 Å². The molecular formula is C7H10FN3. The Hall–Kier alpha value is -1.19. The topological polar surface area (TPSA) is 51.8 Å². The van der Waals surface area contributed by atoms with Crippen molar-refractivity contribution in [2.75, 3.05) is 5.73 Å². The van der Waals surface area contributed by atoms with Crippen LogP contribution in [0.15, 0.2) is 12.3 Å². The standard InChI is InChI=1S/C7H10FN3/c1-7(2,8)6-10-4-3-5(9)11-6/h3-4H,1-2H3,(H2,9,10,11). The summed E-state index contributed by atoms with van der Waals surface area (Å²) in [5.41, 5.74) is 3.82. The van der Waals surface area contributed by atoms with Crippen LogP contribution in [0.2, 0.25) is 0 Å². The summed E-state index contributed by atoms with van der Waals surface area (Å²) in [6, 6.07) is 1.52. The highest BCUT2D eigenvalue weighted by Crippen LogP contribution is 2.20. The average molecular weight is 155 g/mol. The van der Waals surface area contributed by atoms with E-state index in [4.69, 9.17) is 5.73 Å². The van der Waals surface area contributed by atoms with Gasteiger partial charge in [-0.1, -0.05) is 0 Å². The van der Waals surface area contributed by atoms with E-state index in [1.807, 2.05) is 0 Å². The number of nitrogen functional groups attached to an aromatic ring is 1. The Bertz CT molecular complexity index is 254. The first-order valence-corrected chi connectivity index (χ1v) is 3.28. The van der Waals surface area contributed by atoms with Crippen LogP contribution in [-0.4, -0.2) is 9.97 Å². The molecule has 0 saturated carbocycles. The van der Waals surface area contributed by atoms with Gasteiger partial charge in [0.1, 0.15) is 5.82 Å². The molecule has 1 aromatic rings. The molecule has 0 saturated heterocycles. The van der Waals surface area contributed by atoms with E-state index in [1.165, 1.54) is 26.1 Å². The van der Waals surface area contributed by atoms with Crippen molar-refractivity contribution < 1.29 is 4.39 Å². The smallest absolute Gasteiger partial charge is 0.167 e. The van der Waals surface area contributed by atoms with Crippen molar-refractivity contribution in [3.63, 3.8) is 0 Å². The van der Waals surface area contributed by atoms with Crippen LogP contribution in [0.5, 0.6) is 0 Å². The zero-order valence-corrected chi connectivity index (χ0v) is 6.50. The van der Waals surface area contributed by atoms with Gasteiger partial charge in [0.05, 0.1) is 0 Å². The van der Waals surface area contributed by atoms with E-state index in [2.05, 4.69) is 9.97 Å². The third-order valence-corrected chi connectivity index (χ3v) is 1.21. The highest BCUT2D eigenvalue weighted by Gasteiger charge is 2.21. The molecule has 3 nitrogen and oxygen atoms in total. The summed E-state index contributed by atoms with van der Waals surface area (Å²) in [6.07, 6.45) is 1.44. The van der Waals surface area contributed by atoms with Gasteiger partial charge in [0.25, 0.3) is 0 Å². The molecule has 0 bridgehead atoms. The Morgan fingerprint density at radius 1 is 1.55 bits per heavy atom. The monoisotopic (exact) mass is 155 g/mol. The molecule has 0 unspecified atom stereocenters. The third-order valence-electron chi connectivity index (χ3n) is 1.21. The van der Waals surface area contributed by atoms with Crippen molar-refractivity contribution in [3.05, 3.63) is 18.1 Å². The Kier molecular flexibility index (Phi) is 1.76. The van der Waals surface area contributed by atoms with Crippen LogP contribution in [0.25, 0.3) is 0 Å². The predicted octanol–water partition coefficient (Wildman–Crippen LogP) is 1.26.